The fraction of sp³-hybridized carbons (Fsp3) is 0.294. The maximum Gasteiger partial charge on any atom is 0.271 e. The van der Waals surface area contributed by atoms with Crippen LogP contribution in [-0.4, -0.2) is 40.8 Å². The lowest BCUT2D eigenvalue weighted by molar-refractivity contribution is -0.384. The van der Waals surface area contributed by atoms with Crippen LogP contribution in [0.3, 0.4) is 0 Å². The van der Waals surface area contributed by atoms with Gasteiger partial charge < -0.3 is 9.84 Å². The number of non-ortho nitro benzene ring substituents is 1. The number of rotatable bonds is 5. The Bertz CT molecular complexity index is 2020. The van der Waals surface area contributed by atoms with Gasteiger partial charge in [-0.15, -0.1) is 0 Å². The van der Waals surface area contributed by atoms with Crippen LogP contribution in [0.25, 0.3) is 0 Å². The van der Waals surface area contributed by atoms with Gasteiger partial charge in [0.25, 0.3) is 5.69 Å². The van der Waals surface area contributed by atoms with Crippen molar-refractivity contribution in [2.75, 3.05) is 16.9 Å². The lowest BCUT2D eigenvalue weighted by Gasteiger charge is -2.49. The molecule has 0 radical (unpaired) electrons. The number of fused-ring (bicyclic) bond motifs is 4. The van der Waals surface area contributed by atoms with Gasteiger partial charge in [-0.3, -0.25) is 29.3 Å². The number of halogens is 3. The Labute approximate surface area is 286 Å². The number of anilines is 2. The molecule has 4 amide bonds. The first-order chi connectivity index (χ1) is 22.8. The summed E-state index contributed by atoms with van der Waals surface area (Å²) in [5, 5.41) is 21.8. The number of benzene rings is 3. The van der Waals surface area contributed by atoms with Gasteiger partial charge in [0, 0.05) is 18.1 Å². The maximum absolute atomic E-state index is 14.6. The molecule has 0 bridgehead atoms. The molecular formula is C34H26BrClFN3O8. The van der Waals surface area contributed by atoms with Gasteiger partial charge in [-0.25, -0.2) is 14.2 Å². The van der Waals surface area contributed by atoms with Crippen LogP contribution in [0.4, 0.5) is 21.5 Å². The van der Waals surface area contributed by atoms with Gasteiger partial charge in [0.05, 0.1) is 56.1 Å². The van der Waals surface area contributed by atoms with Crippen LogP contribution in [0, 0.1) is 45.0 Å². The number of phenolic OH excluding ortho intramolecular Hbond substituents is 1. The minimum absolute atomic E-state index is 0.0498. The smallest absolute Gasteiger partial charge is 0.271 e. The first-order valence-electron chi connectivity index (χ1n) is 15.0. The first kappa shape index (κ1) is 32.0. The molecule has 1 N–H and O–H groups in total. The average Bonchev–Trinajstić information content (AvgIpc) is 3.43. The Balaban J connectivity index is 1.38. The number of methoxy groups -OCH3 is 1. The van der Waals surface area contributed by atoms with Crippen LogP contribution in [0.1, 0.15) is 31.2 Å². The number of phenols is 1. The van der Waals surface area contributed by atoms with E-state index >= 15 is 0 Å². The lowest BCUT2D eigenvalue weighted by atomic mass is 9.51. The van der Waals surface area contributed by atoms with E-state index in [1.807, 2.05) is 6.08 Å². The standard InChI is InChI=1S/C34H26BrClFN3O8/c1-34-22(31(43)39(33(34)45)17-6-9-25(37)24(36)13-17)14-21-19(28(34)15-10-23(35)29(41)26(11-15)48-2)7-8-20-27(21)32(44)38(30(20)42)16-4-3-5-18(12-16)40(46)47/h3-7,9-13,20-22,27-28,41H,8,14H2,1-2H3/t20-,21+,22-,27-,28-,34+/m0/s1. The first-order valence-corrected chi connectivity index (χ1v) is 16.2. The second kappa shape index (κ2) is 11.2. The van der Waals surface area contributed by atoms with Crippen LogP contribution < -0.4 is 14.5 Å². The number of hydrogen-bond donors (Lipinski definition) is 1. The Morgan fingerprint density at radius 2 is 1.75 bits per heavy atom. The van der Waals surface area contributed by atoms with Crippen molar-refractivity contribution in [2.45, 2.75) is 25.7 Å². The van der Waals surface area contributed by atoms with Gasteiger partial charge in [-0.05, 0) is 83.6 Å². The zero-order valence-corrected chi connectivity index (χ0v) is 27.7. The summed E-state index contributed by atoms with van der Waals surface area (Å²) in [4.78, 5) is 69.8. The van der Waals surface area contributed by atoms with Crippen molar-refractivity contribution in [3.05, 3.63) is 97.2 Å². The highest BCUT2D eigenvalue weighted by molar-refractivity contribution is 9.10. The van der Waals surface area contributed by atoms with Gasteiger partial charge in [0.1, 0.15) is 5.82 Å². The number of nitro groups is 1. The van der Waals surface area contributed by atoms with E-state index in [0.717, 1.165) is 15.9 Å². The van der Waals surface area contributed by atoms with Crippen molar-refractivity contribution >= 4 is 68.2 Å². The van der Waals surface area contributed by atoms with E-state index in [0.29, 0.717) is 11.1 Å². The Morgan fingerprint density at radius 1 is 1.02 bits per heavy atom. The molecule has 3 fully saturated rings. The number of hydrogen-bond acceptors (Lipinski definition) is 8. The summed E-state index contributed by atoms with van der Waals surface area (Å²) in [6.45, 7) is 1.68. The number of ether oxygens (including phenoxy) is 1. The van der Waals surface area contributed by atoms with Crippen molar-refractivity contribution < 1.29 is 38.3 Å². The quantitative estimate of drug-likeness (QED) is 0.139. The number of amides is 4. The number of imide groups is 2. The normalized spacial score (nSPS) is 27.9. The molecule has 3 aromatic carbocycles. The summed E-state index contributed by atoms with van der Waals surface area (Å²) < 4.78 is 19.8. The molecule has 246 valence electrons. The molecule has 1 saturated carbocycles. The highest BCUT2D eigenvalue weighted by Gasteiger charge is 2.67. The Morgan fingerprint density at radius 3 is 2.44 bits per heavy atom. The zero-order chi connectivity index (χ0) is 34.4. The monoisotopic (exact) mass is 737 g/mol. The van der Waals surface area contributed by atoms with Crippen molar-refractivity contribution in [3.8, 4) is 11.5 Å². The number of nitrogens with zero attached hydrogens (tertiary/aromatic N) is 3. The molecule has 2 aliphatic carbocycles. The molecule has 48 heavy (non-hydrogen) atoms. The van der Waals surface area contributed by atoms with E-state index in [9.17, 15) is 38.8 Å². The van der Waals surface area contributed by atoms with E-state index < -0.39 is 69.4 Å². The highest BCUT2D eigenvalue weighted by Crippen LogP contribution is 2.64. The second-order valence-corrected chi connectivity index (χ2v) is 13.9. The van der Waals surface area contributed by atoms with Crippen LogP contribution in [-0.2, 0) is 19.2 Å². The van der Waals surface area contributed by atoms with Gasteiger partial charge in [-0.1, -0.05) is 29.3 Å². The van der Waals surface area contributed by atoms with E-state index in [-0.39, 0.29) is 50.9 Å². The van der Waals surface area contributed by atoms with Crippen molar-refractivity contribution in [1.82, 2.24) is 0 Å². The lowest BCUT2D eigenvalue weighted by Crippen LogP contribution is -2.48. The third-order valence-electron chi connectivity index (χ3n) is 10.3. The van der Waals surface area contributed by atoms with Gasteiger partial charge in [-0.2, -0.15) is 0 Å². The van der Waals surface area contributed by atoms with Crippen molar-refractivity contribution in [3.63, 3.8) is 0 Å². The summed E-state index contributed by atoms with van der Waals surface area (Å²) in [6, 6.07) is 12.1. The molecule has 0 aromatic heterocycles. The average molecular weight is 739 g/mol. The summed E-state index contributed by atoms with van der Waals surface area (Å²) >= 11 is 9.43. The van der Waals surface area contributed by atoms with Crippen LogP contribution in [0.5, 0.6) is 11.5 Å². The Kier molecular flexibility index (Phi) is 7.48. The topological polar surface area (TPSA) is 147 Å². The Hall–Kier alpha value is -4.62. The minimum atomic E-state index is -1.42. The van der Waals surface area contributed by atoms with Crippen molar-refractivity contribution in [2.24, 2.45) is 29.1 Å². The molecule has 14 heteroatoms. The molecule has 0 spiro atoms. The molecule has 3 aromatic rings. The van der Waals surface area contributed by atoms with Crippen molar-refractivity contribution in [1.29, 1.82) is 0 Å². The fourth-order valence-electron chi connectivity index (χ4n) is 8.18. The zero-order valence-electron chi connectivity index (χ0n) is 25.4. The highest BCUT2D eigenvalue weighted by atomic mass is 79.9. The molecular weight excluding hydrogens is 713 g/mol. The summed E-state index contributed by atoms with van der Waals surface area (Å²) in [5.74, 6) is -7.13. The largest absolute Gasteiger partial charge is 0.503 e. The molecule has 7 rings (SSSR count). The van der Waals surface area contributed by atoms with Gasteiger partial charge in [0.2, 0.25) is 23.6 Å². The van der Waals surface area contributed by atoms with Crippen LogP contribution in [0.15, 0.2) is 70.7 Å². The fourth-order valence-corrected chi connectivity index (χ4v) is 8.82. The van der Waals surface area contributed by atoms with Crippen LogP contribution >= 0.6 is 27.5 Å². The molecule has 2 saturated heterocycles. The number of nitro benzene ring substituents is 1. The SMILES string of the molecule is COc1cc([C@H]2C3=CC[C@@H]4C(=O)N(c5cccc([N+](=O)[O-])c5)C(=O)[C@@H]4[C@@H]3C[C@H]3C(=O)N(c4ccc(F)c(Cl)c4)C(=O)[C@@]23C)cc(Br)c1O. The predicted molar refractivity (Wildman–Crippen MR) is 174 cm³/mol. The molecule has 2 heterocycles. The predicted octanol–water partition coefficient (Wildman–Crippen LogP) is 6.30. The third-order valence-corrected chi connectivity index (χ3v) is 11.2. The minimum Gasteiger partial charge on any atom is -0.503 e. The van der Waals surface area contributed by atoms with Gasteiger partial charge in [0.15, 0.2) is 11.5 Å². The summed E-state index contributed by atoms with van der Waals surface area (Å²) in [7, 11) is 1.37. The molecule has 2 aliphatic heterocycles. The van der Waals surface area contributed by atoms with Gasteiger partial charge >= 0.3 is 0 Å². The number of carbonyl (C=O) groups is 4. The van der Waals surface area contributed by atoms with Crippen LogP contribution in [0.2, 0.25) is 5.02 Å². The van der Waals surface area contributed by atoms with E-state index in [4.69, 9.17) is 16.3 Å². The second-order valence-electron chi connectivity index (χ2n) is 12.6. The maximum atomic E-state index is 14.6. The molecule has 4 aliphatic rings. The number of allylic oxidation sites excluding steroid dienone is 2. The van der Waals surface area contributed by atoms with E-state index in [1.165, 1.54) is 43.5 Å². The number of carbonyl (C=O) groups excluding carboxylic acids is 4. The third kappa shape index (κ3) is 4.43. The summed E-state index contributed by atoms with van der Waals surface area (Å²) in [6.07, 6.45) is 2.05. The van der Waals surface area contributed by atoms with E-state index in [2.05, 4.69) is 15.9 Å². The molecule has 11 nitrogen and oxygen atoms in total. The molecule has 0 unspecified atom stereocenters. The summed E-state index contributed by atoms with van der Waals surface area (Å²) in [5.41, 5.74) is -0.333. The number of aromatic hydroxyl groups is 1. The van der Waals surface area contributed by atoms with E-state index in [1.54, 1.807) is 19.1 Å². The molecule has 6 atom stereocenters.